The van der Waals surface area contributed by atoms with Crippen LogP contribution < -0.4 is 10.6 Å². The first-order valence-corrected chi connectivity index (χ1v) is 8.18. The van der Waals surface area contributed by atoms with Crippen LogP contribution in [0, 0.1) is 17.5 Å². The molecule has 1 heterocycles. The number of nitrogens with zero attached hydrogens (tertiary/aromatic N) is 1. The highest BCUT2D eigenvalue weighted by atomic mass is 19.2. The van der Waals surface area contributed by atoms with E-state index >= 15 is 0 Å². The molecule has 138 valence electrons. The third-order valence-electron chi connectivity index (χ3n) is 3.97. The number of rotatable bonds is 5. The lowest BCUT2D eigenvalue weighted by atomic mass is 10.1. The van der Waals surface area contributed by atoms with Crippen molar-refractivity contribution >= 4 is 17.4 Å². The van der Waals surface area contributed by atoms with Crippen molar-refractivity contribution in [1.82, 2.24) is 10.3 Å². The highest BCUT2D eigenvalue weighted by Gasteiger charge is 2.15. The highest BCUT2D eigenvalue weighted by Crippen LogP contribution is 2.22. The topological polar surface area (TPSA) is 54.0 Å². The summed E-state index contributed by atoms with van der Waals surface area (Å²) in [6, 6.07) is 14.1. The van der Waals surface area contributed by atoms with Crippen LogP contribution in [-0.2, 0) is 0 Å². The zero-order chi connectivity index (χ0) is 19.4. The summed E-state index contributed by atoms with van der Waals surface area (Å²) < 4.78 is 39.9. The van der Waals surface area contributed by atoms with Crippen LogP contribution in [0.2, 0.25) is 0 Å². The summed E-state index contributed by atoms with van der Waals surface area (Å²) in [5, 5.41) is 5.40. The lowest BCUT2D eigenvalue weighted by Crippen LogP contribution is -2.26. The van der Waals surface area contributed by atoms with E-state index in [2.05, 4.69) is 15.6 Å². The lowest BCUT2D eigenvalue weighted by molar-refractivity contribution is 0.0939. The van der Waals surface area contributed by atoms with Crippen molar-refractivity contribution in [1.29, 1.82) is 0 Å². The van der Waals surface area contributed by atoms with Crippen LogP contribution in [0.1, 0.15) is 28.9 Å². The van der Waals surface area contributed by atoms with Crippen molar-refractivity contribution in [3.05, 3.63) is 89.4 Å². The summed E-state index contributed by atoms with van der Waals surface area (Å²) in [5.41, 5.74) is 1.02. The number of hydrogen-bond donors (Lipinski definition) is 2. The van der Waals surface area contributed by atoms with Gasteiger partial charge in [0.25, 0.3) is 5.91 Å². The smallest absolute Gasteiger partial charge is 0.253 e. The van der Waals surface area contributed by atoms with Gasteiger partial charge in [0.15, 0.2) is 17.5 Å². The number of carbonyl (C=O) groups excluding carboxylic acids is 1. The largest absolute Gasteiger partial charge is 0.345 e. The quantitative estimate of drug-likeness (QED) is 0.638. The summed E-state index contributed by atoms with van der Waals surface area (Å²) in [4.78, 5) is 16.3. The second-order valence-electron chi connectivity index (χ2n) is 5.89. The Balaban J connectivity index is 1.68. The molecule has 0 radical (unpaired) electrons. The molecule has 0 aliphatic rings. The molecule has 1 atom stereocenters. The van der Waals surface area contributed by atoms with Gasteiger partial charge in [0.05, 0.1) is 17.3 Å². The van der Waals surface area contributed by atoms with Gasteiger partial charge in [0.2, 0.25) is 0 Å². The zero-order valence-corrected chi connectivity index (χ0v) is 14.3. The number of hydrogen-bond acceptors (Lipinski definition) is 3. The van der Waals surface area contributed by atoms with Crippen LogP contribution in [0.4, 0.5) is 24.7 Å². The number of carbonyl (C=O) groups is 1. The van der Waals surface area contributed by atoms with Gasteiger partial charge in [-0.25, -0.2) is 18.2 Å². The second kappa shape index (κ2) is 7.90. The molecule has 27 heavy (non-hydrogen) atoms. The van der Waals surface area contributed by atoms with Crippen molar-refractivity contribution < 1.29 is 18.0 Å². The van der Waals surface area contributed by atoms with Gasteiger partial charge in [0.1, 0.15) is 5.82 Å². The van der Waals surface area contributed by atoms with Crippen molar-refractivity contribution in [2.75, 3.05) is 5.32 Å². The van der Waals surface area contributed by atoms with Gasteiger partial charge < -0.3 is 10.6 Å². The van der Waals surface area contributed by atoms with Crippen molar-refractivity contribution in [2.45, 2.75) is 13.0 Å². The van der Waals surface area contributed by atoms with Crippen LogP contribution in [0.3, 0.4) is 0 Å². The Kier molecular flexibility index (Phi) is 5.40. The average Bonchev–Trinajstić information content (AvgIpc) is 2.69. The molecule has 0 saturated heterocycles. The van der Waals surface area contributed by atoms with E-state index in [1.807, 2.05) is 37.3 Å². The van der Waals surface area contributed by atoms with Gasteiger partial charge in [0, 0.05) is 6.20 Å². The third kappa shape index (κ3) is 4.25. The fourth-order valence-corrected chi connectivity index (χ4v) is 2.47. The number of nitrogens with one attached hydrogen (secondary N) is 2. The van der Waals surface area contributed by atoms with E-state index in [-0.39, 0.29) is 23.5 Å². The van der Waals surface area contributed by atoms with E-state index in [1.165, 1.54) is 18.3 Å². The van der Waals surface area contributed by atoms with Gasteiger partial charge >= 0.3 is 0 Å². The van der Waals surface area contributed by atoms with Gasteiger partial charge in [-0.3, -0.25) is 4.79 Å². The van der Waals surface area contributed by atoms with Gasteiger partial charge in [-0.05, 0) is 36.8 Å². The lowest BCUT2D eigenvalue weighted by Gasteiger charge is -2.14. The molecule has 7 heteroatoms. The molecule has 1 unspecified atom stereocenters. The number of halogens is 3. The van der Waals surface area contributed by atoms with E-state index in [0.717, 1.165) is 17.7 Å². The minimum Gasteiger partial charge on any atom is -0.345 e. The Morgan fingerprint density at radius 1 is 0.963 bits per heavy atom. The van der Waals surface area contributed by atoms with Crippen LogP contribution in [0.25, 0.3) is 0 Å². The van der Waals surface area contributed by atoms with E-state index in [1.54, 1.807) is 0 Å². The van der Waals surface area contributed by atoms with Gasteiger partial charge in [-0.15, -0.1) is 0 Å². The van der Waals surface area contributed by atoms with E-state index in [9.17, 15) is 18.0 Å². The maximum absolute atomic E-state index is 13.7. The first-order valence-electron chi connectivity index (χ1n) is 8.18. The maximum atomic E-state index is 13.7. The maximum Gasteiger partial charge on any atom is 0.253 e. The molecular weight excluding hydrogens is 355 g/mol. The van der Waals surface area contributed by atoms with E-state index in [4.69, 9.17) is 0 Å². The van der Waals surface area contributed by atoms with Gasteiger partial charge in [-0.2, -0.15) is 0 Å². The molecule has 0 fully saturated rings. The van der Waals surface area contributed by atoms with Crippen molar-refractivity contribution in [3.63, 3.8) is 0 Å². The van der Waals surface area contributed by atoms with E-state index < -0.39 is 17.5 Å². The van der Waals surface area contributed by atoms with Crippen molar-refractivity contribution in [3.8, 4) is 0 Å². The predicted molar refractivity (Wildman–Crippen MR) is 96.2 cm³/mol. The minimum atomic E-state index is -1.56. The number of benzene rings is 2. The normalized spacial score (nSPS) is 11.7. The number of anilines is 2. The molecule has 3 aromatic rings. The summed E-state index contributed by atoms with van der Waals surface area (Å²) in [6.07, 6.45) is 1.31. The molecule has 0 spiro atoms. The molecular formula is C20H16F3N3O. The Morgan fingerprint density at radius 3 is 2.37 bits per heavy atom. The summed E-state index contributed by atoms with van der Waals surface area (Å²) in [7, 11) is 0. The minimum absolute atomic E-state index is 0.187. The molecule has 3 rings (SSSR count). The molecule has 4 nitrogen and oxygen atoms in total. The zero-order valence-electron chi connectivity index (χ0n) is 14.3. The Labute approximate surface area is 154 Å². The Bertz CT molecular complexity index is 947. The number of aromatic nitrogens is 1. The first-order chi connectivity index (χ1) is 13.0. The summed E-state index contributed by atoms with van der Waals surface area (Å²) >= 11 is 0. The Morgan fingerprint density at radius 2 is 1.70 bits per heavy atom. The molecule has 0 aliphatic carbocycles. The monoisotopic (exact) mass is 371 g/mol. The van der Waals surface area contributed by atoms with Crippen LogP contribution in [0.15, 0.2) is 60.8 Å². The fourth-order valence-electron chi connectivity index (χ4n) is 2.47. The van der Waals surface area contributed by atoms with Gasteiger partial charge in [-0.1, -0.05) is 30.3 Å². The predicted octanol–water partition coefficient (Wildman–Crippen LogP) is 4.73. The van der Waals surface area contributed by atoms with E-state index in [0.29, 0.717) is 5.56 Å². The SMILES string of the molecule is CC(NC(=O)c1ccc(Nc2ccc(F)c(F)c2F)nc1)c1ccccc1. The second-order valence-corrected chi connectivity index (χ2v) is 5.89. The molecule has 0 aliphatic heterocycles. The first kappa shape index (κ1) is 18.4. The molecule has 2 N–H and O–H groups in total. The third-order valence-corrected chi connectivity index (χ3v) is 3.97. The van der Waals surface area contributed by atoms with Crippen LogP contribution in [0.5, 0.6) is 0 Å². The molecule has 0 bridgehead atoms. The highest BCUT2D eigenvalue weighted by molar-refractivity contribution is 5.94. The molecule has 1 aromatic heterocycles. The molecule has 1 amide bonds. The Hall–Kier alpha value is -3.35. The standard InChI is InChI=1S/C20H16F3N3O/c1-12(13-5-3-2-4-6-13)25-20(27)14-7-10-17(24-11-14)26-16-9-8-15(21)18(22)19(16)23/h2-12H,1H3,(H,24,26)(H,25,27). The average molecular weight is 371 g/mol. The molecule has 2 aromatic carbocycles. The van der Waals surface area contributed by atoms with Crippen molar-refractivity contribution in [2.24, 2.45) is 0 Å². The molecule has 0 saturated carbocycles. The summed E-state index contributed by atoms with van der Waals surface area (Å²) in [6.45, 7) is 1.86. The van der Waals surface area contributed by atoms with Crippen LogP contribution >= 0.6 is 0 Å². The number of pyridine rings is 1. The summed E-state index contributed by atoms with van der Waals surface area (Å²) in [5.74, 6) is -4.30. The fraction of sp³-hybridized carbons (Fsp3) is 0.100. The van der Waals surface area contributed by atoms with Crippen LogP contribution in [-0.4, -0.2) is 10.9 Å². The number of amides is 1.